The number of aromatic nitrogens is 2. The van der Waals surface area contributed by atoms with E-state index in [0.29, 0.717) is 0 Å². The van der Waals surface area contributed by atoms with Gasteiger partial charge in [0.15, 0.2) is 0 Å². The first-order valence-corrected chi connectivity index (χ1v) is 10.1. The maximum Gasteiger partial charge on any atom is 0.323 e. The van der Waals surface area contributed by atoms with Gasteiger partial charge in [-0.25, -0.2) is 9.78 Å². The van der Waals surface area contributed by atoms with Crippen molar-refractivity contribution in [3.8, 4) is 11.3 Å². The number of rotatable bonds is 4. The van der Waals surface area contributed by atoms with Crippen molar-refractivity contribution in [3.05, 3.63) is 78.6 Å². The Kier molecular flexibility index (Phi) is 5.04. The van der Waals surface area contributed by atoms with E-state index in [1.54, 1.807) is 11.8 Å². The van der Waals surface area contributed by atoms with Crippen LogP contribution in [0.25, 0.3) is 16.9 Å². The molecule has 4 rings (SSSR count). The number of anilines is 2. The lowest BCUT2D eigenvalue weighted by atomic mass is 10.1. The minimum absolute atomic E-state index is 0.269. The number of urea groups is 1. The molecule has 0 radical (unpaired) electrons. The number of amides is 2. The van der Waals surface area contributed by atoms with Crippen molar-refractivity contribution in [2.75, 3.05) is 16.9 Å². The molecule has 0 aliphatic heterocycles. The summed E-state index contributed by atoms with van der Waals surface area (Å²) >= 11 is 1.64. The number of carbonyl (C=O) groups excluding carboxylic acids is 1. The van der Waals surface area contributed by atoms with Crippen LogP contribution in [0.3, 0.4) is 0 Å². The van der Waals surface area contributed by atoms with Gasteiger partial charge in [0.05, 0.1) is 5.69 Å². The van der Waals surface area contributed by atoms with Crippen LogP contribution < -0.4 is 10.6 Å². The fraction of sp³-hybridized carbons (Fsp3) is 0.0909. The van der Waals surface area contributed by atoms with Crippen molar-refractivity contribution in [1.29, 1.82) is 0 Å². The van der Waals surface area contributed by atoms with Crippen molar-refractivity contribution in [2.24, 2.45) is 0 Å². The number of hydrogen-bond acceptors (Lipinski definition) is 3. The molecule has 0 saturated carbocycles. The van der Waals surface area contributed by atoms with Crippen LogP contribution in [0, 0.1) is 6.92 Å². The van der Waals surface area contributed by atoms with E-state index < -0.39 is 0 Å². The van der Waals surface area contributed by atoms with Gasteiger partial charge in [0.25, 0.3) is 0 Å². The van der Waals surface area contributed by atoms with E-state index in [1.165, 1.54) is 0 Å². The highest BCUT2D eigenvalue weighted by atomic mass is 32.2. The number of carbonyl (C=O) groups is 1. The second-order valence-electron chi connectivity index (χ2n) is 6.44. The molecule has 6 heteroatoms. The molecule has 2 aromatic heterocycles. The van der Waals surface area contributed by atoms with E-state index in [1.807, 2.05) is 90.6 Å². The van der Waals surface area contributed by atoms with Gasteiger partial charge < -0.3 is 15.0 Å². The summed E-state index contributed by atoms with van der Waals surface area (Å²) in [6, 6.07) is 19.2. The molecule has 0 aliphatic rings. The lowest BCUT2D eigenvalue weighted by Gasteiger charge is -2.09. The molecule has 0 aliphatic carbocycles. The number of hydrogen-bond donors (Lipinski definition) is 2. The highest BCUT2D eigenvalue weighted by Gasteiger charge is 2.07. The number of pyridine rings is 1. The van der Waals surface area contributed by atoms with Crippen LogP contribution in [0.2, 0.25) is 0 Å². The van der Waals surface area contributed by atoms with E-state index in [-0.39, 0.29) is 6.03 Å². The van der Waals surface area contributed by atoms with Gasteiger partial charge in [-0.1, -0.05) is 24.3 Å². The molecular formula is C22H20N4OS. The number of imidazole rings is 1. The van der Waals surface area contributed by atoms with Gasteiger partial charge >= 0.3 is 6.03 Å². The van der Waals surface area contributed by atoms with Gasteiger partial charge in [-0.2, -0.15) is 0 Å². The monoisotopic (exact) mass is 388 g/mol. The SMILES string of the molecule is CSc1cccc(NC(=O)Nc2ccc(-c3cn4cccc(C)c4n3)cc2)c1. The Morgan fingerprint density at radius 1 is 1.00 bits per heavy atom. The molecule has 2 aromatic carbocycles. The molecule has 2 heterocycles. The van der Waals surface area contributed by atoms with Crippen LogP contribution in [-0.2, 0) is 0 Å². The zero-order valence-electron chi connectivity index (χ0n) is 15.6. The zero-order valence-corrected chi connectivity index (χ0v) is 16.5. The molecule has 4 aromatic rings. The van der Waals surface area contributed by atoms with Gasteiger partial charge in [-0.05, 0) is 55.1 Å². The maximum atomic E-state index is 12.2. The van der Waals surface area contributed by atoms with Crippen LogP contribution in [0.5, 0.6) is 0 Å². The molecule has 0 atom stereocenters. The summed E-state index contributed by atoms with van der Waals surface area (Å²) in [5.74, 6) is 0. The Labute approximate surface area is 167 Å². The van der Waals surface area contributed by atoms with Gasteiger partial charge in [0.2, 0.25) is 0 Å². The maximum absolute atomic E-state index is 12.2. The molecule has 5 nitrogen and oxygen atoms in total. The highest BCUT2D eigenvalue weighted by Crippen LogP contribution is 2.23. The largest absolute Gasteiger partial charge is 0.323 e. The minimum Gasteiger partial charge on any atom is -0.308 e. The van der Waals surface area contributed by atoms with Crippen LogP contribution >= 0.6 is 11.8 Å². The number of aryl methyl sites for hydroxylation is 1. The summed E-state index contributed by atoms with van der Waals surface area (Å²) in [5, 5.41) is 5.72. The van der Waals surface area contributed by atoms with Gasteiger partial charge in [0, 0.05) is 34.2 Å². The highest BCUT2D eigenvalue weighted by molar-refractivity contribution is 7.98. The van der Waals surface area contributed by atoms with Crippen molar-refractivity contribution in [3.63, 3.8) is 0 Å². The Morgan fingerprint density at radius 3 is 2.54 bits per heavy atom. The molecule has 0 fully saturated rings. The van der Waals surface area contributed by atoms with E-state index in [0.717, 1.165) is 38.7 Å². The summed E-state index contributed by atoms with van der Waals surface area (Å²) in [6.07, 6.45) is 6.01. The number of fused-ring (bicyclic) bond motifs is 1. The first-order chi connectivity index (χ1) is 13.6. The summed E-state index contributed by atoms with van der Waals surface area (Å²) < 4.78 is 2.02. The number of nitrogens with one attached hydrogen (secondary N) is 2. The summed E-state index contributed by atoms with van der Waals surface area (Å²) in [4.78, 5) is 18.1. The molecule has 140 valence electrons. The van der Waals surface area contributed by atoms with Crippen LogP contribution in [0.1, 0.15) is 5.56 Å². The summed E-state index contributed by atoms with van der Waals surface area (Å²) in [5.41, 5.74) is 5.48. The van der Waals surface area contributed by atoms with E-state index in [2.05, 4.69) is 10.6 Å². The number of nitrogens with zero attached hydrogens (tertiary/aromatic N) is 2. The van der Waals surface area contributed by atoms with Crippen molar-refractivity contribution in [1.82, 2.24) is 9.38 Å². The van der Waals surface area contributed by atoms with Crippen molar-refractivity contribution in [2.45, 2.75) is 11.8 Å². The van der Waals surface area contributed by atoms with Crippen LogP contribution in [0.15, 0.2) is 78.0 Å². The average Bonchev–Trinajstić information content (AvgIpc) is 3.14. The van der Waals surface area contributed by atoms with E-state index in [9.17, 15) is 4.79 Å². The van der Waals surface area contributed by atoms with Crippen LogP contribution in [0.4, 0.5) is 16.2 Å². The number of benzene rings is 2. The van der Waals surface area contributed by atoms with E-state index in [4.69, 9.17) is 4.98 Å². The van der Waals surface area contributed by atoms with Crippen LogP contribution in [-0.4, -0.2) is 21.7 Å². The quantitative estimate of drug-likeness (QED) is 0.443. The lowest BCUT2D eigenvalue weighted by molar-refractivity contribution is 0.262. The predicted octanol–water partition coefficient (Wildman–Crippen LogP) is 5.68. The minimum atomic E-state index is -0.269. The first-order valence-electron chi connectivity index (χ1n) is 8.89. The summed E-state index contributed by atoms with van der Waals surface area (Å²) in [7, 11) is 0. The molecule has 0 saturated heterocycles. The first kappa shape index (κ1) is 18.1. The molecule has 2 amide bonds. The lowest BCUT2D eigenvalue weighted by Crippen LogP contribution is -2.19. The topological polar surface area (TPSA) is 58.4 Å². The molecular weight excluding hydrogens is 368 g/mol. The Bertz CT molecular complexity index is 1130. The summed E-state index contributed by atoms with van der Waals surface area (Å²) in [6.45, 7) is 2.05. The molecule has 2 N–H and O–H groups in total. The third kappa shape index (κ3) is 3.87. The fourth-order valence-electron chi connectivity index (χ4n) is 3.01. The van der Waals surface area contributed by atoms with Crippen molar-refractivity contribution < 1.29 is 4.79 Å². The van der Waals surface area contributed by atoms with Gasteiger partial charge in [-0.15, -0.1) is 11.8 Å². The third-order valence-electron chi connectivity index (χ3n) is 4.44. The molecule has 28 heavy (non-hydrogen) atoms. The predicted molar refractivity (Wildman–Crippen MR) is 116 cm³/mol. The smallest absolute Gasteiger partial charge is 0.308 e. The zero-order chi connectivity index (χ0) is 19.5. The average molecular weight is 388 g/mol. The molecule has 0 spiro atoms. The Balaban J connectivity index is 1.46. The van der Waals surface area contributed by atoms with Crippen molar-refractivity contribution >= 4 is 34.8 Å². The van der Waals surface area contributed by atoms with Gasteiger partial charge in [-0.3, -0.25) is 0 Å². The normalized spacial score (nSPS) is 10.8. The molecule has 0 bridgehead atoms. The second kappa shape index (κ2) is 7.78. The Hall–Kier alpha value is -3.25. The third-order valence-corrected chi connectivity index (χ3v) is 5.17. The van der Waals surface area contributed by atoms with E-state index >= 15 is 0 Å². The number of thioether (sulfide) groups is 1. The second-order valence-corrected chi connectivity index (χ2v) is 7.32. The molecule has 0 unspecified atom stereocenters. The fourth-order valence-corrected chi connectivity index (χ4v) is 3.47. The standard InChI is InChI=1S/C22H20N4OS/c1-15-5-4-12-26-14-20(25-21(15)26)16-8-10-17(11-9-16)23-22(27)24-18-6-3-7-19(13-18)28-2/h3-14H,1-2H3,(H2,23,24,27). The Morgan fingerprint density at radius 2 is 1.79 bits per heavy atom. The van der Waals surface area contributed by atoms with Gasteiger partial charge in [0.1, 0.15) is 5.65 Å².